The van der Waals surface area contributed by atoms with Crippen LogP contribution in [0.25, 0.3) is 10.9 Å². The van der Waals surface area contributed by atoms with Crippen molar-refractivity contribution in [1.82, 2.24) is 9.88 Å². The zero-order chi connectivity index (χ0) is 14.4. The van der Waals surface area contributed by atoms with E-state index in [1.165, 1.54) is 11.0 Å². The van der Waals surface area contributed by atoms with Crippen LogP contribution in [0.15, 0.2) is 12.1 Å². The summed E-state index contributed by atoms with van der Waals surface area (Å²) in [7, 11) is 0. The molecular formula is C13H12F3N3O. The lowest BCUT2D eigenvalue weighted by atomic mass is 10.2. The van der Waals surface area contributed by atoms with E-state index in [1.54, 1.807) is 0 Å². The molecule has 1 atom stereocenters. The van der Waals surface area contributed by atoms with Crippen molar-refractivity contribution < 1.29 is 18.0 Å². The summed E-state index contributed by atoms with van der Waals surface area (Å²) in [6, 6.07) is 2.10. The lowest BCUT2D eigenvalue weighted by Gasteiger charge is -2.14. The van der Waals surface area contributed by atoms with Crippen LogP contribution in [0.2, 0.25) is 0 Å². The number of nitrogens with one attached hydrogen (secondary N) is 1. The van der Waals surface area contributed by atoms with E-state index in [1.807, 2.05) is 0 Å². The highest BCUT2D eigenvalue weighted by molar-refractivity contribution is 5.98. The van der Waals surface area contributed by atoms with Gasteiger partial charge >= 0.3 is 0 Å². The molecule has 0 bridgehead atoms. The normalized spacial score (nSPS) is 19.0. The fourth-order valence-corrected chi connectivity index (χ4v) is 2.44. The zero-order valence-electron chi connectivity index (χ0n) is 10.4. The van der Waals surface area contributed by atoms with Crippen LogP contribution in [0.3, 0.4) is 0 Å². The van der Waals surface area contributed by atoms with E-state index >= 15 is 0 Å². The summed E-state index contributed by atoms with van der Waals surface area (Å²) in [6.45, 7) is 0.931. The molecule has 1 unspecified atom stereocenters. The molecule has 3 rings (SSSR count). The molecule has 2 heterocycles. The topological polar surface area (TPSA) is 62.1 Å². The maximum Gasteiger partial charge on any atom is 0.270 e. The Morgan fingerprint density at radius 3 is 2.70 bits per heavy atom. The number of H-pyrrole nitrogens is 1. The van der Waals surface area contributed by atoms with Crippen molar-refractivity contribution in [3.05, 3.63) is 35.3 Å². The first-order chi connectivity index (χ1) is 9.47. The van der Waals surface area contributed by atoms with Crippen molar-refractivity contribution in [2.45, 2.75) is 12.5 Å². The van der Waals surface area contributed by atoms with Crippen LogP contribution >= 0.6 is 0 Å². The molecular weight excluding hydrogens is 271 g/mol. The molecule has 1 fully saturated rings. The number of nitrogens with zero attached hydrogens (tertiary/aromatic N) is 1. The van der Waals surface area contributed by atoms with E-state index in [2.05, 4.69) is 4.98 Å². The van der Waals surface area contributed by atoms with Crippen LogP contribution in [0.4, 0.5) is 13.2 Å². The average Bonchev–Trinajstić information content (AvgIpc) is 3.02. The van der Waals surface area contributed by atoms with E-state index in [0.717, 1.165) is 6.07 Å². The van der Waals surface area contributed by atoms with Crippen molar-refractivity contribution in [2.75, 3.05) is 13.1 Å². The maximum absolute atomic E-state index is 13.6. The molecule has 20 heavy (non-hydrogen) atoms. The minimum atomic E-state index is -1.55. The average molecular weight is 283 g/mol. The van der Waals surface area contributed by atoms with Gasteiger partial charge in [0, 0.05) is 24.5 Å². The van der Waals surface area contributed by atoms with Gasteiger partial charge in [0.05, 0.1) is 5.52 Å². The summed E-state index contributed by atoms with van der Waals surface area (Å²) in [5.41, 5.74) is 5.60. The van der Waals surface area contributed by atoms with Crippen molar-refractivity contribution in [2.24, 2.45) is 5.73 Å². The molecule has 1 aliphatic rings. The molecule has 0 radical (unpaired) electrons. The number of carbonyl (C=O) groups is 1. The number of benzene rings is 1. The Bertz CT molecular complexity index is 698. The smallest absolute Gasteiger partial charge is 0.270 e. The van der Waals surface area contributed by atoms with E-state index < -0.39 is 17.5 Å². The number of carbonyl (C=O) groups excluding carboxylic acids is 1. The molecule has 1 aromatic carbocycles. The molecule has 0 saturated carbocycles. The van der Waals surface area contributed by atoms with Crippen molar-refractivity contribution >= 4 is 16.8 Å². The number of hydrogen-bond donors (Lipinski definition) is 2. The number of aromatic nitrogens is 1. The minimum absolute atomic E-state index is 0.0741. The summed E-state index contributed by atoms with van der Waals surface area (Å²) in [4.78, 5) is 16.2. The molecule has 106 valence electrons. The summed E-state index contributed by atoms with van der Waals surface area (Å²) in [6.07, 6.45) is 0.698. The number of amides is 1. The van der Waals surface area contributed by atoms with Gasteiger partial charge in [0.1, 0.15) is 5.69 Å². The quantitative estimate of drug-likeness (QED) is 0.783. The van der Waals surface area contributed by atoms with Crippen LogP contribution in [0.5, 0.6) is 0 Å². The Labute approximate surface area is 112 Å². The lowest BCUT2D eigenvalue weighted by Crippen LogP contribution is -2.32. The number of hydrogen-bond acceptors (Lipinski definition) is 2. The first-order valence-corrected chi connectivity index (χ1v) is 6.18. The van der Waals surface area contributed by atoms with Gasteiger partial charge in [-0.25, -0.2) is 13.2 Å². The number of likely N-dealkylation sites (tertiary alicyclic amines) is 1. The van der Waals surface area contributed by atoms with Gasteiger partial charge < -0.3 is 15.6 Å². The predicted octanol–water partition coefficient (Wildman–Crippen LogP) is 1.76. The molecule has 0 spiro atoms. The summed E-state index contributed by atoms with van der Waals surface area (Å²) >= 11 is 0. The first-order valence-electron chi connectivity index (χ1n) is 6.18. The van der Waals surface area contributed by atoms with Gasteiger partial charge in [0.2, 0.25) is 0 Å². The molecule has 4 nitrogen and oxygen atoms in total. The Morgan fingerprint density at radius 1 is 1.30 bits per heavy atom. The van der Waals surface area contributed by atoms with Crippen molar-refractivity contribution in [3.8, 4) is 0 Å². The number of nitrogens with two attached hydrogens (primary N) is 1. The highest BCUT2D eigenvalue weighted by Crippen LogP contribution is 2.24. The Hall–Kier alpha value is -2.02. The van der Waals surface area contributed by atoms with E-state index in [4.69, 9.17) is 5.73 Å². The van der Waals surface area contributed by atoms with Crippen LogP contribution in [0.1, 0.15) is 16.9 Å². The largest absolute Gasteiger partial charge is 0.348 e. The summed E-state index contributed by atoms with van der Waals surface area (Å²) in [5.74, 6) is -4.51. The highest BCUT2D eigenvalue weighted by Gasteiger charge is 2.26. The number of rotatable bonds is 1. The van der Waals surface area contributed by atoms with Crippen molar-refractivity contribution in [1.29, 1.82) is 0 Å². The van der Waals surface area contributed by atoms with E-state index in [0.29, 0.717) is 19.5 Å². The molecule has 1 aliphatic heterocycles. The number of halogens is 3. The van der Waals surface area contributed by atoms with Gasteiger partial charge in [-0.1, -0.05) is 0 Å². The fourth-order valence-electron chi connectivity index (χ4n) is 2.44. The van der Waals surface area contributed by atoms with Gasteiger partial charge in [-0.3, -0.25) is 4.79 Å². The third-order valence-corrected chi connectivity index (χ3v) is 3.49. The van der Waals surface area contributed by atoms with E-state index in [9.17, 15) is 18.0 Å². The standard InChI is InChI=1S/C13H12F3N3O/c14-8-3-6-4-9(18-12(6)11(16)10(8)15)13(20)19-2-1-7(17)5-19/h3-4,7,18H,1-2,5,17H2. The predicted molar refractivity (Wildman–Crippen MR) is 66.7 cm³/mol. The summed E-state index contributed by atoms with van der Waals surface area (Å²) in [5, 5.41) is 0.119. The second-order valence-corrected chi connectivity index (χ2v) is 4.93. The summed E-state index contributed by atoms with van der Waals surface area (Å²) < 4.78 is 39.9. The third kappa shape index (κ3) is 1.94. The highest BCUT2D eigenvalue weighted by atomic mass is 19.2. The minimum Gasteiger partial charge on any atom is -0.348 e. The molecule has 1 aromatic heterocycles. The van der Waals surface area contributed by atoms with Crippen molar-refractivity contribution in [3.63, 3.8) is 0 Å². The van der Waals surface area contributed by atoms with Gasteiger partial charge in [-0.15, -0.1) is 0 Å². The maximum atomic E-state index is 13.6. The number of aromatic amines is 1. The molecule has 2 aromatic rings. The van der Waals surface area contributed by atoms with Gasteiger partial charge in [0.25, 0.3) is 5.91 Å². The van der Waals surface area contributed by atoms with Crippen LogP contribution in [-0.2, 0) is 0 Å². The second kappa shape index (κ2) is 4.52. The van der Waals surface area contributed by atoms with Gasteiger partial charge in [-0.05, 0) is 18.6 Å². The Morgan fingerprint density at radius 2 is 2.05 bits per heavy atom. The number of fused-ring (bicyclic) bond motifs is 1. The zero-order valence-corrected chi connectivity index (χ0v) is 10.4. The third-order valence-electron chi connectivity index (χ3n) is 3.49. The van der Waals surface area contributed by atoms with Crippen LogP contribution in [0, 0.1) is 17.5 Å². The Balaban J connectivity index is 2.01. The molecule has 3 N–H and O–H groups in total. The molecule has 7 heteroatoms. The molecule has 1 amide bonds. The van der Waals surface area contributed by atoms with Gasteiger partial charge in [0.15, 0.2) is 17.5 Å². The Kier molecular flexibility index (Phi) is 2.93. The van der Waals surface area contributed by atoms with Crippen LogP contribution < -0.4 is 5.73 Å². The van der Waals surface area contributed by atoms with Gasteiger partial charge in [-0.2, -0.15) is 0 Å². The van der Waals surface area contributed by atoms with Crippen LogP contribution in [-0.4, -0.2) is 34.9 Å². The second-order valence-electron chi connectivity index (χ2n) is 4.93. The first kappa shape index (κ1) is 13.0. The lowest BCUT2D eigenvalue weighted by molar-refractivity contribution is 0.0786. The van der Waals surface area contributed by atoms with E-state index in [-0.39, 0.29) is 28.5 Å². The fraction of sp³-hybridized carbons (Fsp3) is 0.308. The molecule has 0 aliphatic carbocycles. The SMILES string of the molecule is NC1CCN(C(=O)c2cc3cc(F)c(F)c(F)c3[nH]2)C1. The molecule has 1 saturated heterocycles. The monoisotopic (exact) mass is 283 g/mol.